The van der Waals surface area contributed by atoms with Gasteiger partial charge in [-0.25, -0.2) is 4.79 Å². The predicted molar refractivity (Wildman–Crippen MR) is 72.6 cm³/mol. The number of aliphatic hydroxyl groups is 1. The first kappa shape index (κ1) is 15.9. The molecule has 0 radical (unpaired) electrons. The van der Waals surface area contributed by atoms with Crippen LogP contribution in [0.15, 0.2) is 24.3 Å². The monoisotopic (exact) mass is 283 g/mol. The predicted octanol–water partition coefficient (Wildman–Crippen LogP) is 1.12. The number of urea groups is 1. The molecule has 110 valence electrons. The number of nitro groups is 1. The molecule has 0 aliphatic carbocycles. The van der Waals surface area contributed by atoms with Crippen LogP contribution in [0.4, 0.5) is 16.2 Å². The molecule has 0 spiro atoms. The molecule has 0 unspecified atom stereocenters. The summed E-state index contributed by atoms with van der Waals surface area (Å²) in [5, 5.41) is 24.1. The van der Waals surface area contributed by atoms with Crippen molar-refractivity contribution in [2.75, 3.05) is 31.7 Å². The van der Waals surface area contributed by atoms with Gasteiger partial charge in [0.1, 0.15) is 0 Å². The van der Waals surface area contributed by atoms with E-state index in [0.29, 0.717) is 25.3 Å². The summed E-state index contributed by atoms with van der Waals surface area (Å²) in [7, 11) is 0. The first-order valence-electron chi connectivity index (χ1n) is 6.11. The maximum Gasteiger partial charge on any atom is 0.319 e. The van der Waals surface area contributed by atoms with Crippen LogP contribution >= 0.6 is 0 Å². The maximum atomic E-state index is 11.5. The van der Waals surface area contributed by atoms with Gasteiger partial charge in [0.15, 0.2) is 0 Å². The highest BCUT2D eigenvalue weighted by atomic mass is 16.6. The number of aliphatic hydroxyl groups excluding tert-OH is 1. The standard InChI is InChI=1S/C12H17N3O5/c16-7-9-20-8-1-6-13-12(17)14-10-2-4-11(5-3-10)15(18)19/h2-5,16H,1,6-9H2,(H2,13,14,17). The van der Waals surface area contributed by atoms with Crippen LogP contribution in [-0.4, -0.2) is 42.4 Å². The summed E-state index contributed by atoms with van der Waals surface area (Å²) in [5.74, 6) is 0. The fourth-order valence-corrected chi connectivity index (χ4v) is 1.38. The second-order valence-electron chi connectivity index (χ2n) is 3.87. The highest BCUT2D eigenvalue weighted by Gasteiger charge is 2.05. The molecule has 20 heavy (non-hydrogen) atoms. The molecule has 0 aliphatic heterocycles. The highest BCUT2D eigenvalue weighted by molar-refractivity contribution is 5.89. The molecule has 0 heterocycles. The molecule has 1 rings (SSSR count). The van der Waals surface area contributed by atoms with E-state index in [1.165, 1.54) is 24.3 Å². The van der Waals surface area contributed by atoms with Gasteiger partial charge in [-0.2, -0.15) is 0 Å². The number of rotatable bonds is 8. The molecule has 0 saturated carbocycles. The topological polar surface area (TPSA) is 114 Å². The fraction of sp³-hybridized carbons (Fsp3) is 0.417. The number of carbonyl (C=O) groups is 1. The number of anilines is 1. The van der Waals surface area contributed by atoms with Crippen molar-refractivity contribution in [3.63, 3.8) is 0 Å². The van der Waals surface area contributed by atoms with Crippen molar-refractivity contribution in [1.29, 1.82) is 0 Å². The SMILES string of the molecule is O=C(NCCCOCCO)Nc1ccc([N+](=O)[O-])cc1. The van der Waals surface area contributed by atoms with E-state index in [0.717, 1.165) is 0 Å². The van der Waals surface area contributed by atoms with Gasteiger partial charge in [-0.15, -0.1) is 0 Å². The van der Waals surface area contributed by atoms with Crippen LogP contribution in [0.1, 0.15) is 6.42 Å². The number of nitrogens with one attached hydrogen (secondary N) is 2. The lowest BCUT2D eigenvalue weighted by molar-refractivity contribution is -0.384. The van der Waals surface area contributed by atoms with Crippen molar-refractivity contribution in [3.8, 4) is 0 Å². The van der Waals surface area contributed by atoms with E-state index in [4.69, 9.17) is 9.84 Å². The highest BCUT2D eigenvalue weighted by Crippen LogP contribution is 2.14. The molecular weight excluding hydrogens is 266 g/mol. The zero-order chi connectivity index (χ0) is 14.8. The minimum atomic E-state index is -0.504. The smallest absolute Gasteiger partial charge is 0.319 e. The second-order valence-corrected chi connectivity index (χ2v) is 3.87. The van der Waals surface area contributed by atoms with Gasteiger partial charge in [0, 0.05) is 31.0 Å². The van der Waals surface area contributed by atoms with E-state index in [9.17, 15) is 14.9 Å². The van der Waals surface area contributed by atoms with E-state index in [1.807, 2.05) is 0 Å². The Morgan fingerprint density at radius 3 is 2.60 bits per heavy atom. The van der Waals surface area contributed by atoms with E-state index in [1.54, 1.807) is 0 Å². The van der Waals surface area contributed by atoms with Crippen molar-refractivity contribution in [2.24, 2.45) is 0 Å². The Balaban J connectivity index is 2.23. The van der Waals surface area contributed by atoms with Crippen LogP contribution in [0, 0.1) is 10.1 Å². The minimum Gasteiger partial charge on any atom is -0.394 e. The third kappa shape index (κ3) is 6.12. The molecule has 0 aliphatic rings. The summed E-state index contributed by atoms with van der Waals surface area (Å²) in [6.45, 7) is 1.16. The Kier molecular flexibility index (Phi) is 7.01. The summed E-state index contributed by atoms with van der Waals surface area (Å²) in [5.41, 5.74) is 0.446. The van der Waals surface area contributed by atoms with Crippen LogP contribution in [0.3, 0.4) is 0 Å². The zero-order valence-corrected chi connectivity index (χ0v) is 10.9. The summed E-state index contributed by atoms with van der Waals surface area (Å²) < 4.78 is 5.03. The third-order valence-electron chi connectivity index (χ3n) is 2.32. The number of ether oxygens (including phenoxy) is 1. The maximum absolute atomic E-state index is 11.5. The van der Waals surface area contributed by atoms with E-state index in [2.05, 4.69) is 10.6 Å². The average Bonchev–Trinajstić information content (AvgIpc) is 2.43. The van der Waals surface area contributed by atoms with Gasteiger partial charge in [0.25, 0.3) is 5.69 Å². The van der Waals surface area contributed by atoms with Gasteiger partial charge in [-0.1, -0.05) is 0 Å². The number of nitro benzene ring substituents is 1. The molecule has 1 aromatic carbocycles. The van der Waals surface area contributed by atoms with Crippen LogP contribution < -0.4 is 10.6 Å². The quantitative estimate of drug-likeness (QED) is 0.376. The Morgan fingerprint density at radius 1 is 1.30 bits per heavy atom. The molecule has 0 aromatic heterocycles. The fourth-order valence-electron chi connectivity index (χ4n) is 1.38. The van der Waals surface area contributed by atoms with E-state index >= 15 is 0 Å². The molecule has 0 atom stereocenters. The Labute approximate surface area is 115 Å². The minimum absolute atomic E-state index is 0.0198. The van der Waals surface area contributed by atoms with Gasteiger partial charge in [0.2, 0.25) is 0 Å². The van der Waals surface area contributed by atoms with Crippen molar-refractivity contribution >= 4 is 17.4 Å². The molecule has 1 aromatic rings. The summed E-state index contributed by atoms with van der Waals surface area (Å²) in [6.07, 6.45) is 0.633. The van der Waals surface area contributed by atoms with Crippen molar-refractivity contribution in [3.05, 3.63) is 34.4 Å². The second kappa shape index (κ2) is 8.83. The Hall–Kier alpha value is -2.19. The lowest BCUT2D eigenvalue weighted by Gasteiger charge is -2.07. The van der Waals surface area contributed by atoms with Crippen molar-refractivity contribution in [2.45, 2.75) is 6.42 Å². The summed E-state index contributed by atoms with van der Waals surface area (Å²) in [4.78, 5) is 21.4. The van der Waals surface area contributed by atoms with Gasteiger partial charge >= 0.3 is 6.03 Å². The summed E-state index contributed by atoms with van der Waals surface area (Å²) in [6, 6.07) is 5.17. The molecule has 0 fully saturated rings. The molecule has 0 bridgehead atoms. The summed E-state index contributed by atoms with van der Waals surface area (Å²) >= 11 is 0. The van der Waals surface area contributed by atoms with E-state index < -0.39 is 4.92 Å². The number of nitrogens with zero attached hydrogens (tertiary/aromatic N) is 1. The van der Waals surface area contributed by atoms with Gasteiger partial charge < -0.3 is 20.5 Å². The molecule has 2 amide bonds. The third-order valence-corrected chi connectivity index (χ3v) is 2.32. The Morgan fingerprint density at radius 2 is 2.00 bits per heavy atom. The van der Waals surface area contributed by atoms with Crippen LogP contribution in [0.25, 0.3) is 0 Å². The van der Waals surface area contributed by atoms with Crippen molar-refractivity contribution in [1.82, 2.24) is 5.32 Å². The lowest BCUT2D eigenvalue weighted by Crippen LogP contribution is -2.30. The van der Waals surface area contributed by atoms with Crippen molar-refractivity contribution < 1.29 is 19.6 Å². The van der Waals surface area contributed by atoms with Gasteiger partial charge in [-0.05, 0) is 18.6 Å². The first-order chi connectivity index (χ1) is 9.63. The molecule has 0 saturated heterocycles. The van der Waals surface area contributed by atoms with Gasteiger partial charge in [-0.3, -0.25) is 10.1 Å². The number of hydrogen-bond acceptors (Lipinski definition) is 5. The number of hydrogen-bond donors (Lipinski definition) is 3. The normalized spacial score (nSPS) is 10.1. The number of non-ortho nitro benzene ring substituents is 1. The molecule has 3 N–H and O–H groups in total. The van der Waals surface area contributed by atoms with Gasteiger partial charge in [0.05, 0.1) is 18.1 Å². The van der Waals surface area contributed by atoms with E-state index in [-0.39, 0.29) is 24.9 Å². The number of benzene rings is 1. The Bertz CT molecular complexity index is 435. The average molecular weight is 283 g/mol. The zero-order valence-electron chi connectivity index (χ0n) is 10.9. The van der Waals surface area contributed by atoms with Crippen LogP contribution in [-0.2, 0) is 4.74 Å². The lowest BCUT2D eigenvalue weighted by atomic mass is 10.3. The number of amides is 2. The largest absolute Gasteiger partial charge is 0.394 e. The molecule has 8 heteroatoms. The number of carbonyl (C=O) groups excluding carboxylic acids is 1. The first-order valence-corrected chi connectivity index (χ1v) is 6.11. The van der Waals surface area contributed by atoms with Crippen LogP contribution in [0.5, 0.6) is 0 Å². The van der Waals surface area contributed by atoms with Crippen LogP contribution in [0.2, 0.25) is 0 Å². The molecular formula is C12H17N3O5. The molecule has 8 nitrogen and oxygen atoms in total.